The molecule has 1 N–H and O–H groups in total. The number of carbonyl (C=O) groups excluding carboxylic acids is 1. The van der Waals surface area contributed by atoms with Gasteiger partial charge in [0.1, 0.15) is 0 Å². The second-order valence-corrected chi connectivity index (χ2v) is 11.4. The smallest absolute Gasteiger partial charge is 0.362 e. The van der Waals surface area contributed by atoms with Crippen LogP contribution in [-0.2, 0) is 9.53 Å². The van der Waals surface area contributed by atoms with Crippen molar-refractivity contribution in [2.75, 3.05) is 7.11 Å². The molecule has 0 amide bonds. The van der Waals surface area contributed by atoms with E-state index in [0.29, 0.717) is 23.6 Å². The Bertz CT molecular complexity index is 1210. The molecule has 8 nitrogen and oxygen atoms in total. The number of para-hydroxylation sites is 2. The molecule has 36 heavy (non-hydrogen) atoms. The summed E-state index contributed by atoms with van der Waals surface area (Å²) < 4.78 is 6.58. The lowest BCUT2D eigenvalue weighted by atomic mass is 9.68. The number of benzene rings is 1. The van der Waals surface area contributed by atoms with Crippen molar-refractivity contribution in [3.63, 3.8) is 0 Å². The fraction of sp³-hybridized carbons (Fsp3) is 0.643. The van der Waals surface area contributed by atoms with E-state index in [1.807, 2.05) is 28.8 Å². The number of carbonyl (C=O) groups is 1. The molecule has 8 heteroatoms. The van der Waals surface area contributed by atoms with Gasteiger partial charge in [-0.05, 0) is 68.9 Å². The summed E-state index contributed by atoms with van der Waals surface area (Å²) >= 11 is 0. The number of oxime groups is 1. The third-order valence-electron chi connectivity index (χ3n) is 9.39. The maximum atomic E-state index is 13.8. The van der Waals surface area contributed by atoms with Crippen molar-refractivity contribution in [1.29, 1.82) is 0 Å². The molecule has 2 aliphatic heterocycles. The molecule has 1 aromatic carbocycles. The fourth-order valence-corrected chi connectivity index (χ4v) is 8.09. The van der Waals surface area contributed by atoms with Crippen LogP contribution in [-0.4, -0.2) is 56.6 Å². The number of nitrogens with zero attached hydrogens (tertiary/aromatic N) is 4. The number of rotatable bonds is 4. The van der Waals surface area contributed by atoms with Gasteiger partial charge in [-0.3, -0.25) is 9.69 Å². The highest BCUT2D eigenvalue weighted by Crippen LogP contribution is 2.47. The van der Waals surface area contributed by atoms with Crippen molar-refractivity contribution >= 4 is 22.7 Å². The minimum atomic E-state index is -0.876. The number of fused-ring (bicyclic) bond motifs is 5. The molecule has 0 radical (unpaired) electrons. The van der Waals surface area contributed by atoms with Crippen molar-refractivity contribution in [1.82, 2.24) is 14.5 Å². The molecule has 4 unspecified atom stereocenters. The molecule has 192 valence electrons. The normalized spacial score (nSPS) is 32.9. The number of piperidine rings is 2. The second kappa shape index (κ2) is 9.61. The van der Waals surface area contributed by atoms with Crippen LogP contribution in [0.1, 0.15) is 82.4 Å². The average molecular weight is 493 g/mol. The van der Waals surface area contributed by atoms with E-state index in [4.69, 9.17) is 4.74 Å². The van der Waals surface area contributed by atoms with Crippen LogP contribution in [0.3, 0.4) is 0 Å². The van der Waals surface area contributed by atoms with Crippen molar-refractivity contribution in [2.24, 2.45) is 17.0 Å². The van der Waals surface area contributed by atoms with Crippen molar-refractivity contribution in [2.45, 2.75) is 94.8 Å². The Morgan fingerprint density at radius 3 is 2.28 bits per heavy atom. The number of hydrogen-bond donors (Lipinski definition) is 1. The van der Waals surface area contributed by atoms with Crippen LogP contribution in [0.15, 0.2) is 34.2 Å². The first-order chi connectivity index (χ1) is 17.6. The molecule has 5 atom stereocenters. The van der Waals surface area contributed by atoms with E-state index in [2.05, 4.69) is 15.0 Å². The third-order valence-corrected chi connectivity index (χ3v) is 9.39. The summed E-state index contributed by atoms with van der Waals surface area (Å²) in [6.07, 6.45) is 13.7. The molecule has 4 fully saturated rings. The highest BCUT2D eigenvalue weighted by molar-refractivity contribution is 6.42. The van der Waals surface area contributed by atoms with Gasteiger partial charge in [-0.25, -0.2) is 9.78 Å². The van der Waals surface area contributed by atoms with Gasteiger partial charge in [-0.1, -0.05) is 43.0 Å². The van der Waals surface area contributed by atoms with Crippen molar-refractivity contribution in [3.8, 4) is 0 Å². The van der Waals surface area contributed by atoms with Gasteiger partial charge in [0, 0.05) is 24.2 Å². The van der Waals surface area contributed by atoms with Crippen LogP contribution < -0.4 is 5.56 Å². The summed E-state index contributed by atoms with van der Waals surface area (Å²) in [6.45, 7) is 0. The molecular weight excluding hydrogens is 456 g/mol. The third kappa shape index (κ3) is 4.03. The van der Waals surface area contributed by atoms with Gasteiger partial charge >= 0.3 is 5.97 Å². The van der Waals surface area contributed by atoms with Gasteiger partial charge in [-0.15, -0.1) is 0 Å². The Labute approximate surface area is 211 Å². The van der Waals surface area contributed by atoms with Crippen LogP contribution in [0, 0.1) is 11.8 Å². The topological polar surface area (TPSA) is 97.0 Å². The molecule has 4 bridgehead atoms. The molecule has 1 aromatic heterocycles. The highest BCUT2D eigenvalue weighted by Gasteiger charge is 2.45. The summed E-state index contributed by atoms with van der Waals surface area (Å²) in [5.41, 5.74) is 0.363. The lowest BCUT2D eigenvalue weighted by Gasteiger charge is -2.55. The number of aromatic nitrogens is 2. The van der Waals surface area contributed by atoms with E-state index in [0.717, 1.165) is 30.2 Å². The summed E-state index contributed by atoms with van der Waals surface area (Å²) in [6, 6.07) is 9.16. The summed E-state index contributed by atoms with van der Waals surface area (Å²) in [5, 5.41) is 12.6. The van der Waals surface area contributed by atoms with E-state index >= 15 is 0 Å². The minimum absolute atomic E-state index is 0.0105. The summed E-state index contributed by atoms with van der Waals surface area (Å²) in [4.78, 5) is 33.4. The zero-order valence-corrected chi connectivity index (χ0v) is 21.0. The first-order valence-corrected chi connectivity index (χ1v) is 13.7. The lowest BCUT2D eigenvalue weighted by Crippen LogP contribution is -2.58. The van der Waals surface area contributed by atoms with E-state index in [-0.39, 0.29) is 11.7 Å². The number of esters is 1. The number of hydrogen-bond acceptors (Lipinski definition) is 7. The first-order valence-electron chi connectivity index (χ1n) is 13.7. The van der Waals surface area contributed by atoms with Crippen molar-refractivity contribution < 1.29 is 14.7 Å². The zero-order chi connectivity index (χ0) is 24.8. The lowest BCUT2D eigenvalue weighted by molar-refractivity contribution is -0.132. The van der Waals surface area contributed by atoms with Gasteiger partial charge in [0.05, 0.1) is 18.1 Å². The molecule has 3 heterocycles. The van der Waals surface area contributed by atoms with Crippen LogP contribution in [0.4, 0.5) is 0 Å². The maximum Gasteiger partial charge on any atom is 0.362 e. The van der Waals surface area contributed by atoms with Crippen LogP contribution in [0.25, 0.3) is 11.0 Å². The number of methoxy groups -OCH3 is 1. The fourth-order valence-electron chi connectivity index (χ4n) is 8.09. The predicted molar refractivity (Wildman–Crippen MR) is 136 cm³/mol. The van der Waals surface area contributed by atoms with Crippen LogP contribution in [0.5, 0.6) is 0 Å². The Morgan fingerprint density at radius 1 is 0.944 bits per heavy atom. The molecule has 0 spiro atoms. The van der Waals surface area contributed by atoms with Gasteiger partial charge in [0.25, 0.3) is 5.56 Å². The van der Waals surface area contributed by atoms with E-state index in [9.17, 15) is 14.8 Å². The monoisotopic (exact) mass is 492 g/mol. The molecule has 2 aliphatic carbocycles. The molecule has 4 aliphatic rings. The zero-order valence-electron chi connectivity index (χ0n) is 21.0. The minimum Gasteiger partial charge on any atom is -0.464 e. The number of ether oxygens (including phenoxy) is 1. The second-order valence-electron chi connectivity index (χ2n) is 11.4. The maximum absolute atomic E-state index is 13.8. The largest absolute Gasteiger partial charge is 0.464 e. The standard InChI is InChI=1S/C28H36N4O4/c1-36-28(34)26(30-35)25-27(33)32(24-11-3-2-10-23(24)29-25)22-15-19-8-5-9-20(16-22)31(19)21-13-17-6-4-7-18(12-17)14-21/h2-3,10-11,17-22,35H,4-9,12-16H2,1H3/t17?,18?,19-,20?,21?,22?/m1/s1. The van der Waals surface area contributed by atoms with Crippen LogP contribution in [0.2, 0.25) is 0 Å². The molecule has 2 saturated heterocycles. The van der Waals surface area contributed by atoms with Gasteiger partial charge in [0.15, 0.2) is 5.69 Å². The van der Waals surface area contributed by atoms with Gasteiger partial charge < -0.3 is 14.5 Å². The Balaban J connectivity index is 1.37. The van der Waals surface area contributed by atoms with Crippen LogP contribution >= 0.6 is 0 Å². The van der Waals surface area contributed by atoms with Gasteiger partial charge in [0.2, 0.25) is 5.71 Å². The Hall–Kier alpha value is -2.74. The summed E-state index contributed by atoms with van der Waals surface area (Å²) in [5.74, 6) is 0.910. The molecule has 2 aromatic rings. The summed E-state index contributed by atoms with van der Waals surface area (Å²) in [7, 11) is 1.20. The van der Waals surface area contributed by atoms with Gasteiger partial charge in [-0.2, -0.15) is 0 Å². The highest BCUT2D eigenvalue weighted by atomic mass is 16.5. The Morgan fingerprint density at radius 2 is 1.61 bits per heavy atom. The van der Waals surface area contributed by atoms with Crippen molar-refractivity contribution in [3.05, 3.63) is 40.3 Å². The quantitative estimate of drug-likeness (QED) is 0.296. The Kier molecular flexibility index (Phi) is 6.32. The molecule has 2 saturated carbocycles. The average Bonchev–Trinajstić information content (AvgIpc) is 2.88. The molecular formula is C28H36N4O4. The van der Waals surface area contributed by atoms with E-state index in [1.165, 1.54) is 64.9 Å². The first kappa shape index (κ1) is 23.6. The molecule has 6 rings (SSSR count). The van der Waals surface area contributed by atoms with E-state index in [1.54, 1.807) is 0 Å². The SMILES string of the molecule is COC(=O)C(=NO)c1nc2ccccc2n(C2CC3CCC[C@H](C2)N3C2CC3CCCC(C3)C2)c1=O. The van der Waals surface area contributed by atoms with E-state index < -0.39 is 17.2 Å². The predicted octanol–water partition coefficient (Wildman–Crippen LogP) is 4.27.